The normalized spacial score (nSPS) is 24.6. The summed E-state index contributed by atoms with van der Waals surface area (Å²) in [5.41, 5.74) is -2.85. The molecule has 0 aromatic rings. The van der Waals surface area contributed by atoms with Gasteiger partial charge in [-0.2, -0.15) is 25.8 Å². The average Bonchev–Trinajstić information content (AvgIpc) is 2.47. The van der Waals surface area contributed by atoms with Crippen molar-refractivity contribution in [3.8, 4) is 0 Å². The summed E-state index contributed by atoms with van der Waals surface area (Å²) >= 11 is 3.87. The second-order valence-corrected chi connectivity index (χ2v) is 4.29. The summed E-state index contributed by atoms with van der Waals surface area (Å²) in [4.78, 5) is 23.4. The number of urea groups is 1. The number of rotatable bonds is 5. The Labute approximate surface area is 107 Å². The van der Waals surface area contributed by atoms with Crippen LogP contribution in [0.2, 0.25) is 0 Å². The molecule has 0 radical (unpaired) electrons. The maximum Gasteiger partial charge on any atom is 0.420 e. The van der Waals surface area contributed by atoms with Gasteiger partial charge in [0, 0.05) is 5.75 Å². The summed E-state index contributed by atoms with van der Waals surface area (Å²) in [5, 5.41) is 1.65. The van der Waals surface area contributed by atoms with Crippen LogP contribution in [0.3, 0.4) is 0 Å². The van der Waals surface area contributed by atoms with Crippen LogP contribution in [0, 0.1) is 0 Å². The summed E-state index contributed by atoms with van der Waals surface area (Å²) in [5.74, 6) is -0.866. The molecule has 0 aromatic carbocycles. The van der Waals surface area contributed by atoms with Gasteiger partial charge in [-0.25, -0.2) is 4.79 Å². The molecular weight excluding hydrogens is 273 g/mol. The van der Waals surface area contributed by atoms with Crippen molar-refractivity contribution >= 4 is 24.6 Å². The average molecular weight is 286 g/mol. The Morgan fingerprint density at radius 2 is 2.00 bits per heavy atom. The summed E-state index contributed by atoms with van der Waals surface area (Å²) < 4.78 is 43.0. The van der Waals surface area contributed by atoms with Gasteiger partial charge in [0.2, 0.25) is 5.54 Å². The number of alkyl halides is 3. The topological polar surface area (TPSA) is 58.6 Å². The summed E-state index contributed by atoms with van der Waals surface area (Å²) in [7, 11) is 0. The minimum atomic E-state index is -4.83. The van der Waals surface area contributed by atoms with Crippen LogP contribution in [0.15, 0.2) is 0 Å². The molecule has 1 saturated heterocycles. The molecule has 5 nitrogen and oxygen atoms in total. The van der Waals surface area contributed by atoms with Crippen LogP contribution in [-0.2, 0) is 9.53 Å². The van der Waals surface area contributed by atoms with Crippen LogP contribution < -0.4 is 5.32 Å². The number of nitrogens with zero attached hydrogens (tertiary/aromatic N) is 1. The molecule has 1 aliphatic rings. The lowest BCUT2D eigenvalue weighted by atomic mass is 10.0. The molecule has 0 aliphatic carbocycles. The Balaban J connectivity index is 2.68. The van der Waals surface area contributed by atoms with E-state index in [2.05, 4.69) is 12.6 Å². The number of carbonyl (C=O) groups excluding carboxylic acids is 2. The molecule has 1 unspecified atom stereocenters. The first kappa shape index (κ1) is 15.1. The van der Waals surface area contributed by atoms with Crippen LogP contribution in [0.25, 0.3) is 0 Å². The van der Waals surface area contributed by atoms with E-state index in [1.54, 1.807) is 5.32 Å². The Morgan fingerprint density at radius 1 is 1.39 bits per heavy atom. The standard InChI is InChI=1S/C9H13F3N2O3S/c1-8(9(10,11)12)6(15)14(7(16)13-8)2-3-17-4-5-18/h18H,2-5H2,1H3,(H,13,16). The van der Waals surface area contributed by atoms with Crippen molar-refractivity contribution in [1.29, 1.82) is 0 Å². The van der Waals surface area contributed by atoms with Crippen molar-refractivity contribution < 1.29 is 27.5 Å². The number of ether oxygens (including phenoxy) is 1. The lowest BCUT2D eigenvalue weighted by molar-refractivity contribution is -0.191. The molecule has 9 heteroatoms. The van der Waals surface area contributed by atoms with Crippen molar-refractivity contribution in [3.05, 3.63) is 0 Å². The Morgan fingerprint density at radius 3 is 2.44 bits per heavy atom. The molecule has 1 fully saturated rings. The first-order valence-corrected chi connectivity index (χ1v) is 5.76. The molecular formula is C9H13F3N2O3S. The highest BCUT2D eigenvalue weighted by molar-refractivity contribution is 7.80. The van der Waals surface area contributed by atoms with Gasteiger partial charge in [0.1, 0.15) is 0 Å². The third kappa shape index (κ3) is 2.72. The van der Waals surface area contributed by atoms with Gasteiger partial charge in [-0.3, -0.25) is 9.69 Å². The van der Waals surface area contributed by atoms with Crippen molar-refractivity contribution in [2.24, 2.45) is 0 Å². The molecule has 18 heavy (non-hydrogen) atoms. The summed E-state index contributed by atoms with van der Waals surface area (Å²) in [6, 6.07) is -1.06. The van der Waals surface area contributed by atoms with E-state index in [0.717, 1.165) is 0 Å². The van der Waals surface area contributed by atoms with Gasteiger partial charge >= 0.3 is 12.2 Å². The molecule has 1 atom stereocenters. The third-order valence-electron chi connectivity index (χ3n) is 2.54. The minimum absolute atomic E-state index is 0.0202. The van der Waals surface area contributed by atoms with E-state index < -0.39 is 23.7 Å². The number of hydrogen-bond donors (Lipinski definition) is 2. The fourth-order valence-corrected chi connectivity index (χ4v) is 1.54. The van der Waals surface area contributed by atoms with Crippen LogP contribution in [0.1, 0.15) is 6.92 Å². The van der Waals surface area contributed by atoms with Gasteiger partial charge < -0.3 is 10.1 Å². The zero-order valence-electron chi connectivity index (χ0n) is 9.58. The van der Waals surface area contributed by atoms with E-state index in [9.17, 15) is 22.8 Å². The zero-order valence-corrected chi connectivity index (χ0v) is 10.5. The number of imide groups is 1. The summed E-state index contributed by atoms with van der Waals surface area (Å²) in [6.45, 7) is 0.697. The van der Waals surface area contributed by atoms with Crippen molar-refractivity contribution in [3.63, 3.8) is 0 Å². The fraction of sp³-hybridized carbons (Fsp3) is 0.778. The maximum absolute atomic E-state index is 12.7. The van der Waals surface area contributed by atoms with E-state index in [0.29, 0.717) is 24.2 Å². The van der Waals surface area contributed by atoms with E-state index >= 15 is 0 Å². The lowest BCUT2D eigenvalue weighted by Crippen LogP contribution is -2.56. The maximum atomic E-state index is 12.7. The van der Waals surface area contributed by atoms with Gasteiger partial charge in [-0.05, 0) is 6.92 Å². The summed E-state index contributed by atoms with van der Waals surface area (Å²) in [6.07, 6.45) is -4.83. The van der Waals surface area contributed by atoms with Crippen molar-refractivity contribution in [2.75, 3.05) is 25.5 Å². The van der Waals surface area contributed by atoms with E-state index in [1.165, 1.54) is 0 Å². The monoisotopic (exact) mass is 286 g/mol. The number of nitrogens with one attached hydrogen (secondary N) is 1. The van der Waals surface area contributed by atoms with E-state index in [1.807, 2.05) is 0 Å². The number of amides is 3. The van der Waals surface area contributed by atoms with Gasteiger partial charge in [0.15, 0.2) is 0 Å². The van der Waals surface area contributed by atoms with Crippen LogP contribution in [0.5, 0.6) is 0 Å². The molecule has 1 heterocycles. The highest BCUT2D eigenvalue weighted by atomic mass is 32.1. The largest absolute Gasteiger partial charge is 0.420 e. The van der Waals surface area contributed by atoms with Crippen LogP contribution in [-0.4, -0.2) is 54.1 Å². The predicted molar refractivity (Wildman–Crippen MR) is 59.4 cm³/mol. The van der Waals surface area contributed by atoms with Crippen molar-refractivity contribution in [1.82, 2.24) is 10.2 Å². The van der Waals surface area contributed by atoms with Crippen LogP contribution in [0.4, 0.5) is 18.0 Å². The second-order valence-electron chi connectivity index (χ2n) is 3.85. The smallest absolute Gasteiger partial charge is 0.379 e. The molecule has 1 N–H and O–H groups in total. The molecule has 0 aromatic heterocycles. The lowest BCUT2D eigenvalue weighted by Gasteiger charge is -2.24. The Hall–Kier alpha value is -0.960. The Kier molecular flexibility index (Phi) is 4.49. The highest BCUT2D eigenvalue weighted by Gasteiger charge is 2.64. The molecule has 3 amide bonds. The molecule has 104 valence electrons. The van der Waals surface area contributed by atoms with E-state index in [4.69, 9.17) is 4.74 Å². The second kappa shape index (κ2) is 5.35. The first-order chi connectivity index (χ1) is 8.24. The number of thiol groups is 1. The van der Waals surface area contributed by atoms with Gasteiger partial charge in [-0.15, -0.1) is 0 Å². The number of hydrogen-bond acceptors (Lipinski definition) is 4. The van der Waals surface area contributed by atoms with Crippen molar-refractivity contribution in [2.45, 2.75) is 18.6 Å². The Bertz CT molecular complexity index is 350. The quantitative estimate of drug-likeness (QED) is 0.446. The molecule has 0 bridgehead atoms. The first-order valence-electron chi connectivity index (χ1n) is 5.13. The zero-order chi connectivity index (χ0) is 14.0. The van der Waals surface area contributed by atoms with E-state index in [-0.39, 0.29) is 13.2 Å². The molecule has 0 spiro atoms. The predicted octanol–water partition coefficient (Wildman–Crippen LogP) is 0.806. The highest BCUT2D eigenvalue weighted by Crippen LogP contribution is 2.34. The fourth-order valence-electron chi connectivity index (χ4n) is 1.41. The minimum Gasteiger partial charge on any atom is -0.379 e. The molecule has 1 aliphatic heterocycles. The van der Waals surface area contributed by atoms with Crippen LogP contribution >= 0.6 is 12.6 Å². The van der Waals surface area contributed by atoms with Gasteiger partial charge in [0.05, 0.1) is 19.8 Å². The number of carbonyl (C=O) groups is 2. The number of halogens is 3. The third-order valence-corrected chi connectivity index (χ3v) is 2.72. The SMILES string of the molecule is CC1(C(F)(F)F)NC(=O)N(CCOCCS)C1=O. The molecule has 0 saturated carbocycles. The van der Waals surface area contributed by atoms with Gasteiger partial charge in [-0.1, -0.05) is 0 Å². The van der Waals surface area contributed by atoms with Gasteiger partial charge in [0.25, 0.3) is 5.91 Å². The molecule has 1 rings (SSSR count).